The van der Waals surface area contributed by atoms with Gasteiger partial charge in [0.05, 0.1) is 5.92 Å². The molecule has 8 heteroatoms. The third-order valence-electron chi connectivity index (χ3n) is 1.85. The fraction of sp³-hybridized carbons (Fsp3) is 0.625. The van der Waals surface area contributed by atoms with Crippen molar-refractivity contribution < 1.29 is 23.0 Å². The molecule has 0 spiro atoms. The van der Waals surface area contributed by atoms with E-state index in [9.17, 15) is 13.2 Å². The molecule has 1 aliphatic heterocycles. The first-order valence-electron chi connectivity index (χ1n) is 4.33. The summed E-state index contributed by atoms with van der Waals surface area (Å²) in [5.41, 5.74) is 5.17. The predicted molar refractivity (Wildman–Crippen MR) is 51.9 cm³/mol. The number of rotatable bonds is 3. The molecule has 0 aliphatic carbocycles. The molecule has 4 nitrogen and oxygen atoms in total. The topological polar surface area (TPSA) is 67.8 Å². The molecule has 0 aromatic rings. The lowest BCUT2D eigenvalue weighted by Crippen LogP contribution is -2.40. The molecule has 3 unspecified atom stereocenters. The second-order valence-corrected chi connectivity index (χ2v) is 3.58. The van der Waals surface area contributed by atoms with Gasteiger partial charge in [-0.1, -0.05) is 17.7 Å². The van der Waals surface area contributed by atoms with E-state index in [-0.39, 0.29) is 5.17 Å². The van der Waals surface area contributed by atoms with Crippen molar-refractivity contribution in [1.29, 1.82) is 0 Å². The van der Waals surface area contributed by atoms with Gasteiger partial charge < -0.3 is 15.6 Å². The Morgan fingerprint density at radius 2 is 2.25 bits per heavy atom. The average Bonchev–Trinajstić information content (AvgIpc) is 2.13. The van der Waals surface area contributed by atoms with Crippen LogP contribution in [0, 0.1) is 5.92 Å². The molecular weight excluding hydrogens is 249 g/mol. The second-order valence-electron chi connectivity index (χ2n) is 3.20. The molecule has 1 rings (SSSR count). The van der Waals surface area contributed by atoms with E-state index in [1.807, 2.05) is 0 Å². The van der Waals surface area contributed by atoms with Crippen LogP contribution in [-0.2, 0) is 4.74 Å². The van der Waals surface area contributed by atoms with Crippen LogP contribution in [0.4, 0.5) is 13.2 Å². The molecule has 1 heterocycles. The van der Waals surface area contributed by atoms with Gasteiger partial charge in [-0.15, -0.1) is 0 Å². The van der Waals surface area contributed by atoms with Crippen molar-refractivity contribution in [3.05, 3.63) is 12.2 Å². The lowest BCUT2D eigenvalue weighted by Gasteiger charge is -2.26. The first-order chi connectivity index (χ1) is 7.29. The number of aliphatic hydroxyl groups excluding tert-OH is 1. The van der Waals surface area contributed by atoms with Gasteiger partial charge in [-0.3, -0.25) is 0 Å². The molecule has 1 aliphatic rings. The highest BCUT2D eigenvalue weighted by molar-refractivity contribution is 6.68. The third-order valence-corrected chi connectivity index (χ3v) is 2.07. The predicted octanol–water partition coefficient (Wildman–Crippen LogP) is 0.992. The van der Waals surface area contributed by atoms with E-state index in [4.69, 9.17) is 22.4 Å². The monoisotopic (exact) mass is 258 g/mol. The molecule has 0 bridgehead atoms. The zero-order valence-electron chi connectivity index (χ0n) is 7.99. The van der Waals surface area contributed by atoms with E-state index in [0.29, 0.717) is 0 Å². The highest BCUT2D eigenvalue weighted by atomic mass is 35.5. The van der Waals surface area contributed by atoms with Crippen molar-refractivity contribution in [2.45, 2.75) is 18.6 Å². The maximum atomic E-state index is 11.9. The number of aliphatic hydroxyl groups is 1. The van der Waals surface area contributed by atoms with Gasteiger partial charge in [0, 0.05) is 0 Å². The minimum absolute atomic E-state index is 0.00377. The summed E-state index contributed by atoms with van der Waals surface area (Å²) in [6, 6.07) is 0. The van der Waals surface area contributed by atoms with Crippen LogP contribution in [0.25, 0.3) is 0 Å². The van der Waals surface area contributed by atoms with Crippen LogP contribution in [0.15, 0.2) is 17.1 Å². The van der Waals surface area contributed by atoms with E-state index in [2.05, 4.69) is 9.73 Å². The SMILES string of the molecule is NC(O)C1C=CC(Cl)=NC1OCC(F)(F)F. The van der Waals surface area contributed by atoms with Crippen molar-refractivity contribution >= 4 is 16.8 Å². The smallest absolute Gasteiger partial charge is 0.378 e. The van der Waals surface area contributed by atoms with Crippen LogP contribution in [-0.4, -0.2) is 35.5 Å². The van der Waals surface area contributed by atoms with Crippen LogP contribution in [0.2, 0.25) is 0 Å². The quantitative estimate of drug-likeness (QED) is 0.742. The fourth-order valence-corrected chi connectivity index (χ4v) is 1.32. The number of ether oxygens (including phenoxy) is 1. The minimum Gasteiger partial charge on any atom is -0.378 e. The summed E-state index contributed by atoms with van der Waals surface area (Å²) in [6.45, 7) is -1.47. The minimum atomic E-state index is -4.47. The number of alkyl halides is 3. The number of aliphatic imine (C=N–C) groups is 1. The number of nitrogens with zero attached hydrogens (tertiary/aromatic N) is 1. The van der Waals surface area contributed by atoms with Crippen molar-refractivity contribution in [2.24, 2.45) is 16.6 Å². The molecule has 92 valence electrons. The Kier molecular flexibility index (Phi) is 4.31. The number of hydrogen-bond acceptors (Lipinski definition) is 4. The first kappa shape index (κ1) is 13.4. The highest BCUT2D eigenvalue weighted by Gasteiger charge is 2.33. The van der Waals surface area contributed by atoms with Crippen molar-refractivity contribution in [3.63, 3.8) is 0 Å². The van der Waals surface area contributed by atoms with Crippen molar-refractivity contribution in [1.82, 2.24) is 0 Å². The van der Waals surface area contributed by atoms with Crippen LogP contribution < -0.4 is 5.73 Å². The summed E-state index contributed by atoms with van der Waals surface area (Å²) in [4.78, 5) is 3.62. The van der Waals surface area contributed by atoms with Crippen LogP contribution in [0.5, 0.6) is 0 Å². The molecule has 16 heavy (non-hydrogen) atoms. The van der Waals surface area contributed by atoms with E-state index >= 15 is 0 Å². The third kappa shape index (κ3) is 4.09. The standard InChI is InChI=1S/C8H10ClF3N2O2/c9-5-2-1-4(6(13)15)7(14-5)16-3-8(10,11)12/h1-2,4,6-7,15H,3,13H2. The number of dihydropyridines is 1. The van der Waals surface area contributed by atoms with Gasteiger partial charge in [-0.25, -0.2) is 4.99 Å². The van der Waals surface area contributed by atoms with E-state index in [0.717, 1.165) is 0 Å². The molecule has 3 atom stereocenters. The van der Waals surface area contributed by atoms with Gasteiger partial charge in [0.1, 0.15) is 18.0 Å². The maximum Gasteiger partial charge on any atom is 0.411 e. The summed E-state index contributed by atoms with van der Waals surface area (Å²) in [7, 11) is 0. The lowest BCUT2D eigenvalue weighted by atomic mass is 10.0. The lowest BCUT2D eigenvalue weighted by molar-refractivity contribution is -0.191. The van der Waals surface area contributed by atoms with Gasteiger partial charge in [0.15, 0.2) is 6.23 Å². The van der Waals surface area contributed by atoms with Crippen LogP contribution in [0.3, 0.4) is 0 Å². The maximum absolute atomic E-state index is 11.9. The molecule has 3 N–H and O–H groups in total. The Hall–Kier alpha value is -0.630. The van der Waals surface area contributed by atoms with E-state index in [1.165, 1.54) is 12.2 Å². The summed E-state index contributed by atoms with van der Waals surface area (Å²) in [6.07, 6.45) is -4.34. The molecule has 0 aromatic carbocycles. The number of halogens is 4. The van der Waals surface area contributed by atoms with Gasteiger partial charge in [0.2, 0.25) is 0 Å². The summed E-state index contributed by atoms with van der Waals surface area (Å²) in [5, 5.41) is 9.12. The van der Waals surface area contributed by atoms with Crippen molar-refractivity contribution in [3.8, 4) is 0 Å². The van der Waals surface area contributed by atoms with Crippen LogP contribution >= 0.6 is 11.6 Å². The summed E-state index contributed by atoms with van der Waals surface area (Å²) >= 11 is 5.51. The largest absolute Gasteiger partial charge is 0.411 e. The highest BCUT2D eigenvalue weighted by Crippen LogP contribution is 2.23. The Morgan fingerprint density at radius 3 is 2.75 bits per heavy atom. The Balaban J connectivity index is 2.64. The number of allylic oxidation sites excluding steroid dienone is 1. The summed E-state index contributed by atoms with van der Waals surface area (Å²) < 4.78 is 40.3. The zero-order valence-corrected chi connectivity index (χ0v) is 8.74. The fourth-order valence-electron chi connectivity index (χ4n) is 1.15. The number of hydrogen-bond donors (Lipinski definition) is 2. The van der Waals surface area contributed by atoms with Gasteiger partial charge in [-0.05, 0) is 6.08 Å². The molecule has 0 radical (unpaired) electrons. The second kappa shape index (κ2) is 5.13. The summed E-state index contributed by atoms with van der Waals surface area (Å²) in [5.74, 6) is -0.843. The number of nitrogens with two attached hydrogens (primary N) is 1. The molecule has 0 amide bonds. The van der Waals surface area contributed by atoms with Crippen LogP contribution in [0.1, 0.15) is 0 Å². The molecule has 0 fully saturated rings. The van der Waals surface area contributed by atoms with Crippen molar-refractivity contribution in [2.75, 3.05) is 6.61 Å². The average molecular weight is 259 g/mol. The molecular formula is C8H10ClF3N2O2. The zero-order chi connectivity index (χ0) is 12.3. The molecule has 0 aromatic heterocycles. The van der Waals surface area contributed by atoms with E-state index < -0.39 is 31.2 Å². The Morgan fingerprint density at radius 1 is 1.62 bits per heavy atom. The van der Waals surface area contributed by atoms with Gasteiger partial charge in [-0.2, -0.15) is 13.2 Å². The van der Waals surface area contributed by atoms with Gasteiger partial charge in [0.25, 0.3) is 0 Å². The Bertz CT molecular complexity index is 304. The normalized spacial score (nSPS) is 27.8. The molecule has 0 saturated heterocycles. The molecule has 0 saturated carbocycles. The van der Waals surface area contributed by atoms with E-state index in [1.54, 1.807) is 0 Å². The van der Waals surface area contributed by atoms with Gasteiger partial charge >= 0.3 is 6.18 Å². The Labute approximate surface area is 94.5 Å². The first-order valence-corrected chi connectivity index (χ1v) is 4.71.